The number of carbonyl (C=O) groups is 1. The molecule has 3 aliphatic heterocycles. The van der Waals surface area contributed by atoms with Crippen molar-refractivity contribution in [1.29, 1.82) is 0 Å². The van der Waals surface area contributed by atoms with Crippen LogP contribution in [0, 0.1) is 11.2 Å². The topological polar surface area (TPSA) is 79.3 Å². The minimum Gasteiger partial charge on any atom is -0.479 e. The number of hydrogen-bond acceptors (Lipinski definition) is 8. The van der Waals surface area contributed by atoms with E-state index in [9.17, 15) is 13.7 Å². The Morgan fingerprint density at radius 1 is 1.26 bits per heavy atom. The van der Waals surface area contributed by atoms with Gasteiger partial charge in [0, 0.05) is 56.1 Å². The SMILES string of the molecule is CCOC1N=CC=CC1c1nc(C(=O)NC2CCN(F)C2)c(OC2CC3(C2)CN(c2ccc(F)cc2)C3)s1. The summed E-state index contributed by atoms with van der Waals surface area (Å²) < 4.78 is 39.0. The lowest BCUT2D eigenvalue weighted by molar-refractivity contribution is -0.0325. The molecular weight excluding hydrogens is 512 g/mol. The van der Waals surface area contributed by atoms with Crippen LogP contribution >= 0.6 is 11.3 Å². The van der Waals surface area contributed by atoms with Crippen molar-refractivity contribution in [2.24, 2.45) is 10.4 Å². The number of aliphatic imine (C=N–C) groups is 1. The molecule has 1 amide bonds. The molecule has 4 heterocycles. The maximum Gasteiger partial charge on any atom is 0.274 e. The number of aromatic nitrogens is 1. The molecular formula is C27H31F2N5O3S. The molecule has 2 aromatic rings. The number of halogens is 2. The molecule has 38 heavy (non-hydrogen) atoms. The molecule has 6 rings (SSSR count). The molecule has 2 saturated heterocycles. The van der Waals surface area contributed by atoms with Gasteiger partial charge in [-0.2, -0.15) is 0 Å². The highest BCUT2D eigenvalue weighted by Gasteiger charge is 2.54. The fourth-order valence-electron chi connectivity index (χ4n) is 5.79. The maximum absolute atomic E-state index is 13.5. The van der Waals surface area contributed by atoms with Crippen LogP contribution in [0.25, 0.3) is 0 Å². The molecule has 0 bridgehead atoms. The van der Waals surface area contributed by atoms with Crippen molar-refractivity contribution in [3.05, 3.63) is 52.9 Å². The van der Waals surface area contributed by atoms with Crippen molar-refractivity contribution in [2.75, 3.05) is 37.7 Å². The fourth-order valence-corrected chi connectivity index (χ4v) is 6.86. The van der Waals surface area contributed by atoms with E-state index in [4.69, 9.17) is 14.5 Å². The smallest absolute Gasteiger partial charge is 0.274 e. The minimum atomic E-state index is -0.408. The second-order valence-electron chi connectivity index (χ2n) is 10.6. The summed E-state index contributed by atoms with van der Waals surface area (Å²) in [6.45, 7) is 4.71. The van der Waals surface area contributed by atoms with E-state index >= 15 is 0 Å². The first-order valence-electron chi connectivity index (χ1n) is 13.1. The number of amides is 1. The first-order valence-corrected chi connectivity index (χ1v) is 13.9. The Morgan fingerprint density at radius 2 is 2.05 bits per heavy atom. The van der Waals surface area contributed by atoms with Gasteiger partial charge in [-0.25, -0.2) is 9.37 Å². The van der Waals surface area contributed by atoms with E-state index in [2.05, 4.69) is 15.2 Å². The molecule has 8 nitrogen and oxygen atoms in total. The maximum atomic E-state index is 13.5. The molecule has 1 spiro atoms. The second-order valence-corrected chi connectivity index (χ2v) is 11.5. The van der Waals surface area contributed by atoms with Gasteiger partial charge in [-0.05, 0) is 56.5 Å². The predicted octanol–water partition coefficient (Wildman–Crippen LogP) is 4.11. The average molecular weight is 544 g/mol. The summed E-state index contributed by atoms with van der Waals surface area (Å²) in [6.07, 6.45) is 7.44. The molecule has 1 aliphatic carbocycles. The average Bonchev–Trinajstić information content (AvgIpc) is 3.47. The molecule has 1 saturated carbocycles. The molecule has 3 unspecified atom stereocenters. The van der Waals surface area contributed by atoms with E-state index in [1.54, 1.807) is 6.21 Å². The van der Waals surface area contributed by atoms with Crippen LogP contribution in [0.2, 0.25) is 0 Å². The molecule has 3 fully saturated rings. The van der Waals surface area contributed by atoms with Gasteiger partial charge >= 0.3 is 0 Å². The quantitative estimate of drug-likeness (QED) is 0.505. The van der Waals surface area contributed by atoms with E-state index in [-0.39, 0.29) is 47.4 Å². The third-order valence-corrected chi connectivity index (χ3v) is 8.76. The number of nitrogens with one attached hydrogen (secondary N) is 1. The number of dihydropyridines is 1. The van der Waals surface area contributed by atoms with Gasteiger partial charge in [-0.1, -0.05) is 17.4 Å². The van der Waals surface area contributed by atoms with Gasteiger partial charge in [-0.15, -0.1) is 9.60 Å². The number of anilines is 1. The Hall–Kier alpha value is -2.89. The molecule has 1 aromatic carbocycles. The summed E-state index contributed by atoms with van der Waals surface area (Å²) in [6, 6.07) is 6.33. The van der Waals surface area contributed by atoms with Crippen LogP contribution in [0.4, 0.5) is 14.6 Å². The van der Waals surface area contributed by atoms with E-state index in [1.165, 1.54) is 23.5 Å². The van der Waals surface area contributed by atoms with Crippen molar-refractivity contribution in [2.45, 2.75) is 50.5 Å². The lowest BCUT2D eigenvalue weighted by Crippen LogP contribution is -2.64. The zero-order valence-electron chi connectivity index (χ0n) is 21.2. The van der Waals surface area contributed by atoms with Crippen molar-refractivity contribution in [3.63, 3.8) is 0 Å². The van der Waals surface area contributed by atoms with Gasteiger partial charge in [-0.3, -0.25) is 9.79 Å². The summed E-state index contributed by atoms with van der Waals surface area (Å²) in [5.74, 6) is -0.799. The third kappa shape index (κ3) is 5.06. The highest BCUT2D eigenvalue weighted by molar-refractivity contribution is 7.14. The zero-order valence-corrected chi connectivity index (χ0v) is 22.0. The summed E-state index contributed by atoms with van der Waals surface area (Å²) in [4.78, 5) is 24.6. The van der Waals surface area contributed by atoms with Crippen LogP contribution in [0.5, 0.6) is 5.06 Å². The van der Waals surface area contributed by atoms with Gasteiger partial charge in [0.05, 0.1) is 5.92 Å². The van der Waals surface area contributed by atoms with E-state index in [1.807, 2.05) is 31.2 Å². The highest BCUT2D eigenvalue weighted by Crippen LogP contribution is 2.51. The Kier molecular flexibility index (Phi) is 6.92. The molecule has 11 heteroatoms. The lowest BCUT2D eigenvalue weighted by atomic mass is 9.61. The molecule has 0 radical (unpaired) electrons. The normalized spacial score (nSPS) is 26.4. The van der Waals surface area contributed by atoms with Crippen LogP contribution in [-0.4, -0.2) is 73.4 Å². The summed E-state index contributed by atoms with van der Waals surface area (Å²) in [5.41, 5.74) is 1.45. The van der Waals surface area contributed by atoms with Crippen molar-refractivity contribution in [1.82, 2.24) is 15.4 Å². The Balaban J connectivity index is 1.14. The largest absolute Gasteiger partial charge is 0.479 e. The van der Waals surface area contributed by atoms with Crippen molar-refractivity contribution in [3.8, 4) is 5.06 Å². The molecule has 3 atom stereocenters. The Morgan fingerprint density at radius 3 is 2.76 bits per heavy atom. The fraction of sp³-hybridized carbons (Fsp3) is 0.519. The monoisotopic (exact) mass is 543 g/mol. The van der Waals surface area contributed by atoms with Gasteiger partial charge < -0.3 is 19.7 Å². The van der Waals surface area contributed by atoms with Crippen LogP contribution in [0.3, 0.4) is 0 Å². The summed E-state index contributed by atoms with van der Waals surface area (Å²) in [7, 11) is 0. The zero-order chi connectivity index (χ0) is 26.3. The number of carbonyl (C=O) groups excluding carboxylic acids is 1. The lowest BCUT2D eigenvalue weighted by Gasteiger charge is -2.59. The van der Waals surface area contributed by atoms with Crippen LogP contribution in [0.1, 0.15) is 47.6 Å². The van der Waals surface area contributed by atoms with Crippen molar-refractivity contribution < 1.29 is 23.1 Å². The number of benzene rings is 1. The third-order valence-electron chi connectivity index (χ3n) is 7.71. The molecule has 202 valence electrons. The molecule has 1 aromatic heterocycles. The number of nitrogens with zero attached hydrogens (tertiary/aromatic N) is 4. The number of allylic oxidation sites excluding steroid dienone is 1. The minimum absolute atomic E-state index is 0.0133. The number of hydrogen-bond donors (Lipinski definition) is 1. The Labute approximate surface area is 224 Å². The highest BCUT2D eigenvalue weighted by atomic mass is 32.1. The van der Waals surface area contributed by atoms with E-state index in [0.717, 1.165) is 31.6 Å². The first kappa shape index (κ1) is 25.4. The number of rotatable bonds is 8. The number of ether oxygens (including phenoxy) is 2. The van der Waals surface area contributed by atoms with Crippen molar-refractivity contribution >= 4 is 29.1 Å². The van der Waals surface area contributed by atoms with Crippen LogP contribution in [-0.2, 0) is 4.74 Å². The molecule has 4 aliphatic rings. The summed E-state index contributed by atoms with van der Waals surface area (Å²) >= 11 is 1.35. The van der Waals surface area contributed by atoms with Gasteiger partial charge in [0.15, 0.2) is 11.9 Å². The van der Waals surface area contributed by atoms with Gasteiger partial charge in [0.1, 0.15) is 16.9 Å². The van der Waals surface area contributed by atoms with Crippen LogP contribution < -0.4 is 15.0 Å². The van der Waals surface area contributed by atoms with Gasteiger partial charge in [0.25, 0.3) is 5.91 Å². The predicted molar refractivity (Wildman–Crippen MR) is 141 cm³/mol. The van der Waals surface area contributed by atoms with Crippen LogP contribution in [0.15, 0.2) is 41.4 Å². The Bertz CT molecular complexity index is 1220. The van der Waals surface area contributed by atoms with E-state index < -0.39 is 6.23 Å². The standard InChI is InChI=1S/C27H31F2N5O3S/c1-2-36-24-21(4-3-10-30-24)25-32-22(23(35)31-18-9-11-34(29)14-18)26(38-25)37-20-12-27(13-20)15-33(16-27)19-7-5-17(28)6-8-19/h3-8,10,18,20-21,24H,2,9,11-16H2,1H3,(H,31,35). The molecule has 1 N–H and O–H groups in total. The second kappa shape index (κ2) is 10.3. The first-order chi connectivity index (χ1) is 18.4. The number of thiazole rings is 1. The summed E-state index contributed by atoms with van der Waals surface area (Å²) in [5, 5.41) is 4.83. The van der Waals surface area contributed by atoms with E-state index in [0.29, 0.717) is 34.8 Å². The van der Waals surface area contributed by atoms with Gasteiger partial charge in [0.2, 0.25) is 5.06 Å².